The Morgan fingerprint density at radius 1 is 1.38 bits per heavy atom. The third-order valence-electron chi connectivity index (χ3n) is 5.73. The molecule has 2 atom stereocenters. The van der Waals surface area contributed by atoms with Crippen molar-refractivity contribution in [1.82, 2.24) is 0 Å². The summed E-state index contributed by atoms with van der Waals surface area (Å²) in [6, 6.07) is 4.53. The van der Waals surface area contributed by atoms with Crippen molar-refractivity contribution < 1.29 is 14.6 Å². The lowest BCUT2D eigenvalue weighted by atomic mass is 9.66. The highest BCUT2D eigenvalue weighted by molar-refractivity contribution is 5.70. The summed E-state index contributed by atoms with van der Waals surface area (Å²) < 4.78 is 4.69. The highest BCUT2D eigenvalue weighted by atomic mass is 16.5. The molecule has 0 spiro atoms. The van der Waals surface area contributed by atoms with Crippen molar-refractivity contribution in [1.29, 1.82) is 0 Å². The van der Waals surface area contributed by atoms with Crippen molar-refractivity contribution in [2.45, 2.75) is 77.7 Å². The Hall–Kier alpha value is -1.35. The number of carbonyl (C=O) groups excluding carboxylic acids is 1. The summed E-state index contributed by atoms with van der Waals surface area (Å²) in [4.78, 5) is 11.4. The fourth-order valence-electron chi connectivity index (χ4n) is 4.15. The zero-order chi connectivity index (χ0) is 18.1. The van der Waals surface area contributed by atoms with E-state index in [2.05, 4.69) is 44.6 Å². The number of methoxy groups -OCH3 is 1. The van der Waals surface area contributed by atoms with Gasteiger partial charge in [0.15, 0.2) is 0 Å². The van der Waals surface area contributed by atoms with Gasteiger partial charge in [-0.2, -0.15) is 0 Å². The Morgan fingerprint density at radius 3 is 2.67 bits per heavy atom. The zero-order valence-corrected chi connectivity index (χ0v) is 16.0. The number of aryl methyl sites for hydroxylation is 1. The molecule has 0 radical (unpaired) electrons. The van der Waals surface area contributed by atoms with E-state index in [0.29, 0.717) is 12.3 Å². The van der Waals surface area contributed by atoms with Gasteiger partial charge in [-0.05, 0) is 80.0 Å². The van der Waals surface area contributed by atoms with Gasteiger partial charge >= 0.3 is 5.97 Å². The van der Waals surface area contributed by atoms with Gasteiger partial charge in [-0.3, -0.25) is 4.79 Å². The monoisotopic (exact) mass is 332 g/mol. The maximum absolute atomic E-state index is 11.4. The van der Waals surface area contributed by atoms with Gasteiger partial charge in [-0.1, -0.05) is 26.0 Å². The van der Waals surface area contributed by atoms with Crippen LogP contribution in [0.5, 0.6) is 0 Å². The molecule has 3 nitrogen and oxygen atoms in total. The Labute approximate surface area is 146 Å². The average molecular weight is 332 g/mol. The number of rotatable bonds is 5. The van der Waals surface area contributed by atoms with E-state index in [1.54, 1.807) is 6.92 Å². The van der Waals surface area contributed by atoms with Gasteiger partial charge in [0.2, 0.25) is 0 Å². The van der Waals surface area contributed by atoms with E-state index < -0.39 is 5.60 Å². The maximum Gasteiger partial charge on any atom is 0.308 e. The van der Waals surface area contributed by atoms with Gasteiger partial charge in [0.1, 0.15) is 0 Å². The molecule has 0 bridgehead atoms. The van der Waals surface area contributed by atoms with E-state index in [0.717, 1.165) is 19.3 Å². The Bertz CT molecular complexity index is 614. The lowest BCUT2D eigenvalue weighted by molar-refractivity contribution is -0.145. The molecule has 0 aromatic heterocycles. The highest BCUT2D eigenvalue weighted by Crippen LogP contribution is 2.43. The van der Waals surface area contributed by atoms with Crippen LogP contribution in [0.3, 0.4) is 0 Å². The number of ether oxygens (including phenoxy) is 1. The average Bonchev–Trinajstić information content (AvgIpc) is 2.48. The topological polar surface area (TPSA) is 46.5 Å². The third-order valence-corrected chi connectivity index (χ3v) is 5.73. The summed E-state index contributed by atoms with van der Waals surface area (Å²) in [5.41, 5.74) is 4.89. The second kappa shape index (κ2) is 6.87. The Balaban J connectivity index is 2.12. The summed E-state index contributed by atoms with van der Waals surface area (Å²) in [6.45, 7) is 10.8. The normalized spacial score (nSPS) is 21.7. The summed E-state index contributed by atoms with van der Waals surface area (Å²) in [5, 5.41) is 10.5. The molecule has 134 valence electrons. The first kappa shape index (κ1) is 19.0. The minimum Gasteiger partial charge on any atom is -0.469 e. The van der Waals surface area contributed by atoms with Crippen LogP contribution >= 0.6 is 0 Å². The Kier molecular flexibility index (Phi) is 5.44. The predicted octanol–water partition coefficient (Wildman–Crippen LogP) is 4.24. The number of carbonyl (C=O) groups is 1. The van der Waals surface area contributed by atoms with Crippen molar-refractivity contribution in [3.63, 3.8) is 0 Å². The molecule has 2 rings (SSSR count). The molecule has 0 saturated carbocycles. The van der Waals surface area contributed by atoms with Crippen LogP contribution in [0, 0.1) is 19.8 Å². The summed E-state index contributed by atoms with van der Waals surface area (Å²) in [7, 11) is 1.37. The molecule has 1 aliphatic carbocycles. The van der Waals surface area contributed by atoms with Gasteiger partial charge in [-0.15, -0.1) is 0 Å². The van der Waals surface area contributed by atoms with Crippen molar-refractivity contribution in [3.05, 3.63) is 34.4 Å². The van der Waals surface area contributed by atoms with E-state index >= 15 is 0 Å². The van der Waals surface area contributed by atoms with Gasteiger partial charge in [0.25, 0.3) is 0 Å². The largest absolute Gasteiger partial charge is 0.469 e. The first-order chi connectivity index (χ1) is 11.1. The van der Waals surface area contributed by atoms with Crippen LogP contribution < -0.4 is 0 Å². The lowest BCUT2D eigenvalue weighted by Gasteiger charge is -2.39. The third kappa shape index (κ3) is 4.18. The van der Waals surface area contributed by atoms with Gasteiger partial charge in [0, 0.05) is 0 Å². The van der Waals surface area contributed by atoms with Crippen LogP contribution in [-0.4, -0.2) is 23.8 Å². The van der Waals surface area contributed by atoms with Crippen molar-refractivity contribution in [3.8, 4) is 0 Å². The molecular formula is C21H32O3. The SMILES string of the molecule is COC(=O)C[C@@](C)(O)CCC1Cc2c(ccc(C)c2C)C(C)(C)C1. The second-order valence-electron chi connectivity index (χ2n) is 8.48. The predicted molar refractivity (Wildman–Crippen MR) is 97.2 cm³/mol. The molecule has 0 amide bonds. The number of benzene rings is 1. The minimum atomic E-state index is -0.987. The molecule has 0 aliphatic heterocycles. The number of hydrogen-bond donors (Lipinski definition) is 1. The molecule has 1 aromatic carbocycles. The highest BCUT2D eigenvalue weighted by Gasteiger charge is 2.35. The smallest absolute Gasteiger partial charge is 0.308 e. The molecule has 1 aliphatic rings. The number of fused-ring (bicyclic) bond motifs is 1. The molecule has 0 saturated heterocycles. The van der Waals surface area contributed by atoms with Crippen LogP contribution in [-0.2, 0) is 21.4 Å². The molecule has 0 fully saturated rings. The van der Waals surface area contributed by atoms with Gasteiger partial charge < -0.3 is 9.84 Å². The van der Waals surface area contributed by atoms with E-state index in [1.165, 1.54) is 29.4 Å². The minimum absolute atomic E-state index is 0.0638. The molecule has 1 N–H and O–H groups in total. The summed E-state index contributed by atoms with van der Waals surface area (Å²) in [6.07, 6.45) is 3.81. The van der Waals surface area contributed by atoms with Crippen LogP contribution in [0.15, 0.2) is 12.1 Å². The van der Waals surface area contributed by atoms with Crippen molar-refractivity contribution in [2.24, 2.45) is 5.92 Å². The fraction of sp³-hybridized carbons (Fsp3) is 0.667. The lowest BCUT2D eigenvalue weighted by Crippen LogP contribution is -2.33. The molecule has 1 aromatic rings. The van der Waals surface area contributed by atoms with E-state index in [4.69, 9.17) is 0 Å². The van der Waals surface area contributed by atoms with E-state index in [-0.39, 0.29) is 17.8 Å². The summed E-state index contributed by atoms with van der Waals surface area (Å²) in [5.74, 6) is 0.193. The van der Waals surface area contributed by atoms with Crippen LogP contribution in [0.4, 0.5) is 0 Å². The second-order valence-corrected chi connectivity index (χ2v) is 8.48. The van der Waals surface area contributed by atoms with E-state index in [9.17, 15) is 9.90 Å². The fourth-order valence-corrected chi connectivity index (χ4v) is 4.15. The quantitative estimate of drug-likeness (QED) is 0.821. The molecular weight excluding hydrogens is 300 g/mol. The molecule has 1 unspecified atom stereocenters. The zero-order valence-electron chi connectivity index (χ0n) is 16.0. The number of esters is 1. The molecule has 0 heterocycles. The van der Waals surface area contributed by atoms with Crippen LogP contribution in [0.2, 0.25) is 0 Å². The maximum atomic E-state index is 11.4. The van der Waals surface area contributed by atoms with Crippen molar-refractivity contribution in [2.75, 3.05) is 7.11 Å². The van der Waals surface area contributed by atoms with Gasteiger partial charge in [-0.25, -0.2) is 0 Å². The molecule has 3 heteroatoms. The number of hydrogen-bond acceptors (Lipinski definition) is 3. The van der Waals surface area contributed by atoms with Crippen LogP contribution in [0.1, 0.15) is 68.7 Å². The Morgan fingerprint density at radius 2 is 2.04 bits per heavy atom. The standard InChI is InChI=1S/C21H32O3/c1-14-7-8-18-17(15(14)2)11-16(12-20(18,3)4)9-10-21(5,23)13-19(22)24-6/h7-8,16,23H,9-13H2,1-6H3/t16?,21-/m0/s1. The number of aliphatic hydroxyl groups is 1. The van der Waals surface area contributed by atoms with E-state index in [1.807, 2.05) is 0 Å². The van der Waals surface area contributed by atoms with Crippen molar-refractivity contribution >= 4 is 5.97 Å². The van der Waals surface area contributed by atoms with Crippen LogP contribution in [0.25, 0.3) is 0 Å². The summed E-state index contributed by atoms with van der Waals surface area (Å²) >= 11 is 0. The van der Waals surface area contributed by atoms with Gasteiger partial charge in [0.05, 0.1) is 19.1 Å². The first-order valence-corrected chi connectivity index (χ1v) is 8.94. The molecule has 24 heavy (non-hydrogen) atoms. The first-order valence-electron chi connectivity index (χ1n) is 8.94.